The third-order valence-electron chi connectivity index (χ3n) is 4.30. The second-order valence-electron chi connectivity index (χ2n) is 6.64. The maximum atomic E-state index is 9.92. The van der Waals surface area contributed by atoms with E-state index in [9.17, 15) is 5.11 Å². The van der Waals surface area contributed by atoms with Crippen molar-refractivity contribution in [1.29, 1.82) is 0 Å². The van der Waals surface area contributed by atoms with Crippen LogP contribution < -0.4 is 10.2 Å². The van der Waals surface area contributed by atoms with Crippen LogP contribution in [0, 0.1) is 0 Å². The minimum absolute atomic E-state index is 0.272. The highest BCUT2D eigenvalue weighted by Gasteiger charge is 2.24. The van der Waals surface area contributed by atoms with E-state index >= 15 is 0 Å². The van der Waals surface area contributed by atoms with Crippen LogP contribution >= 0.6 is 0 Å². The third kappa shape index (κ3) is 4.68. The highest BCUT2D eigenvalue weighted by Crippen LogP contribution is 2.28. The van der Waals surface area contributed by atoms with E-state index < -0.39 is 0 Å². The molecule has 6 heteroatoms. The molecule has 0 amide bonds. The van der Waals surface area contributed by atoms with Crippen LogP contribution in [-0.4, -0.2) is 53.8 Å². The molecule has 0 aliphatic carbocycles. The molecule has 0 spiro atoms. The quantitative estimate of drug-likeness (QED) is 0.761. The lowest BCUT2D eigenvalue weighted by Crippen LogP contribution is -2.38. The molecule has 0 saturated carbocycles. The van der Waals surface area contributed by atoms with Gasteiger partial charge in [-0.15, -0.1) is 0 Å². The van der Waals surface area contributed by atoms with Crippen molar-refractivity contribution in [3.05, 3.63) is 11.3 Å². The van der Waals surface area contributed by atoms with Gasteiger partial charge in [0.05, 0.1) is 25.0 Å². The lowest BCUT2D eigenvalue weighted by atomic mass is 10.0. The summed E-state index contributed by atoms with van der Waals surface area (Å²) in [4.78, 5) is 2.36. The highest BCUT2D eigenvalue weighted by molar-refractivity contribution is 5.51. The number of aliphatic hydroxyl groups is 1. The molecule has 1 unspecified atom stereocenters. The van der Waals surface area contributed by atoms with Crippen molar-refractivity contribution in [3.63, 3.8) is 0 Å². The number of nitrogens with zero attached hydrogens (tertiary/aromatic N) is 3. The molecular formula is C17H32N4O2. The van der Waals surface area contributed by atoms with E-state index in [1.54, 1.807) is 0 Å². The molecule has 0 radical (unpaired) electrons. The van der Waals surface area contributed by atoms with Crippen molar-refractivity contribution in [3.8, 4) is 0 Å². The van der Waals surface area contributed by atoms with Gasteiger partial charge in [-0.3, -0.25) is 4.68 Å². The number of ether oxygens (including phenoxy) is 1. The van der Waals surface area contributed by atoms with Gasteiger partial charge < -0.3 is 20.1 Å². The molecule has 1 aliphatic rings. The molecule has 6 nitrogen and oxygen atoms in total. The first-order chi connectivity index (χ1) is 11.0. The summed E-state index contributed by atoms with van der Waals surface area (Å²) in [6.45, 7) is 11.2. The largest absolute Gasteiger partial charge is 0.392 e. The van der Waals surface area contributed by atoms with Crippen LogP contribution in [0.4, 0.5) is 5.82 Å². The van der Waals surface area contributed by atoms with Crippen molar-refractivity contribution < 1.29 is 9.84 Å². The standard InChI is InChI=1S/C17H32N4O2/c1-5-6-14(22)11-18-12-15-16(13(2)3)19-20(4)17(15)21-7-9-23-10-8-21/h13-14,18,22H,5-12H2,1-4H3. The molecule has 2 rings (SSSR count). The van der Waals surface area contributed by atoms with Gasteiger partial charge in [0, 0.05) is 38.8 Å². The normalized spacial score (nSPS) is 17.0. The van der Waals surface area contributed by atoms with Crippen LogP contribution in [0.5, 0.6) is 0 Å². The van der Waals surface area contributed by atoms with Crippen LogP contribution in [0.3, 0.4) is 0 Å². The van der Waals surface area contributed by atoms with E-state index in [0.717, 1.165) is 51.4 Å². The van der Waals surface area contributed by atoms with Crippen molar-refractivity contribution >= 4 is 5.82 Å². The topological polar surface area (TPSA) is 62.5 Å². The Morgan fingerprint density at radius 2 is 2.00 bits per heavy atom. The fraction of sp³-hybridized carbons (Fsp3) is 0.824. The predicted molar refractivity (Wildman–Crippen MR) is 93.0 cm³/mol. The smallest absolute Gasteiger partial charge is 0.131 e. The molecule has 132 valence electrons. The maximum Gasteiger partial charge on any atom is 0.131 e. The van der Waals surface area contributed by atoms with Crippen LogP contribution in [-0.2, 0) is 18.3 Å². The average molecular weight is 324 g/mol. The van der Waals surface area contributed by atoms with Gasteiger partial charge in [0.25, 0.3) is 0 Å². The summed E-state index contributed by atoms with van der Waals surface area (Å²) in [5.41, 5.74) is 2.40. The SMILES string of the molecule is CCCC(O)CNCc1c(C(C)C)nn(C)c1N1CCOCC1. The molecule has 2 N–H and O–H groups in total. The molecule has 1 fully saturated rings. The summed E-state index contributed by atoms with van der Waals surface area (Å²) in [5.74, 6) is 1.57. The van der Waals surface area contributed by atoms with E-state index in [-0.39, 0.29) is 6.10 Å². The third-order valence-corrected chi connectivity index (χ3v) is 4.30. The Kier molecular flexibility index (Phi) is 6.87. The zero-order valence-corrected chi connectivity index (χ0v) is 15.0. The molecule has 1 aromatic heterocycles. The monoisotopic (exact) mass is 324 g/mol. The zero-order valence-electron chi connectivity index (χ0n) is 15.0. The lowest BCUT2D eigenvalue weighted by Gasteiger charge is -2.29. The summed E-state index contributed by atoms with van der Waals surface area (Å²) >= 11 is 0. The second kappa shape index (κ2) is 8.66. The molecule has 1 aromatic rings. The Balaban J connectivity index is 2.13. The van der Waals surface area contributed by atoms with E-state index in [2.05, 4.69) is 31.0 Å². The second-order valence-corrected chi connectivity index (χ2v) is 6.64. The van der Waals surface area contributed by atoms with Gasteiger partial charge in [0.2, 0.25) is 0 Å². The molecule has 1 atom stereocenters. The Morgan fingerprint density at radius 3 is 2.61 bits per heavy atom. The van der Waals surface area contributed by atoms with Gasteiger partial charge >= 0.3 is 0 Å². The summed E-state index contributed by atoms with van der Waals surface area (Å²) in [7, 11) is 2.02. The predicted octanol–water partition coefficient (Wildman–Crippen LogP) is 1.63. The Morgan fingerprint density at radius 1 is 1.30 bits per heavy atom. The number of aromatic nitrogens is 2. The molecule has 0 bridgehead atoms. The minimum Gasteiger partial charge on any atom is -0.392 e. The maximum absolute atomic E-state index is 9.92. The summed E-state index contributed by atoms with van der Waals surface area (Å²) < 4.78 is 7.47. The molecular weight excluding hydrogens is 292 g/mol. The number of aryl methyl sites for hydroxylation is 1. The van der Waals surface area contributed by atoms with Crippen molar-refractivity contribution in [2.45, 2.75) is 52.2 Å². The van der Waals surface area contributed by atoms with Crippen molar-refractivity contribution in [1.82, 2.24) is 15.1 Å². The molecule has 1 saturated heterocycles. The summed E-state index contributed by atoms with van der Waals surface area (Å²) in [6.07, 6.45) is 1.57. The van der Waals surface area contributed by atoms with Crippen LogP contribution in [0.2, 0.25) is 0 Å². The Bertz CT molecular complexity index is 481. The van der Waals surface area contributed by atoms with Gasteiger partial charge in [-0.05, 0) is 12.3 Å². The van der Waals surface area contributed by atoms with E-state index in [1.807, 2.05) is 11.7 Å². The Labute approximate surface area is 139 Å². The first kappa shape index (κ1) is 18.2. The van der Waals surface area contributed by atoms with Crippen LogP contribution in [0.15, 0.2) is 0 Å². The van der Waals surface area contributed by atoms with Gasteiger partial charge in [-0.1, -0.05) is 27.2 Å². The first-order valence-corrected chi connectivity index (χ1v) is 8.81. The van der Waals surface area contributed by atoms with Gasteiger partial charge in [-0.2, -0.15) is 5.10 Å². The minimum atomic E-state index is -0.272. The lowest BCUT2D eigenvalue weighted by molar-refractivity contribution is 0.122. The number of aliphatic hydroxyl groups excluding tert-OH is 1. The summed E-state index contributed by atoms with van der Waals surface area (Å²) in [5, 5.41) is 18.1. The van der Waals surface area contributed by atoms with E-state index in [4.69, 9.17) is 9.84 Å². The Hall–Kier alpha value is -1.11. The van der Waals surface area contributed by atoms with Crippen LogP contribution in [0.1, 0.15) is 50.8 Å². The molecule has 1 aliphatic heterocycles. The summed E-state index contributed by atoms with van der Waals surface area (Å²) in [6, 6.07) is 0. The van der Waals surface area contributed by atoms with E-state index in [1.165, 1.54) is 11.4 Å². The van der Waals surface area contributed by atoms with Gasteiger partial charge in [-0.25, -0.2) is 0 Å². The number of anilines is 1. The highest BCUT2D eigenvalue weighted by atomic mass is 16.5. The van der Waals surface area contributed by atoms with E-state index in [0.29, 0.717) is 12.5 Å². The number of nitrogens with one attached hydrogen (secondary N) is 1. The molecule has 0 aromatic carbocycles. The van der Waals surface area contributed by atoms with Gasteiger partial charge in [0.1, 0.15) is 5.82 Å². The number of rotatable bonds is 8. The number of morpholine rings is 1. The average Bonchev–Trinajstić information content (AvgIpc) is 2.85. The van der Waals surface area contributed by atoms with Crippen molar-refractivity contribution in [2.24, 2.45) is 7.05 Å². The fourth-order valence-electron chi connectivity index (χ4n) is 3.18. The zero-order chi connectivity index (χ0) is 16.8. The van der Waals surface area contributed by atoms with Crippen molar-refractivity contribution in [2.75, 3.05) is 37.7 Å². The first-order valence-electron chi connectivity index (χ1n) is 8.81. The molecule has 2 heterocycles. The van der Waals surface area contributed by atoms with Gasteiger partial charge in [0.15, 0.2) is 0 Å². The number of hydrogen-bond donors (Lipinski definition) is 2. The number of hydrogen-bond acceptors (Lipinski definition) is 5. The van der Waals surface area contributed by atoms with Crippen LogP contribution in [0.25, 0.3) is 0 Å². The molecule has 23 heavy (non-hydrogen) atoms. The fourth-order valence-corrected chi connectivity index (χ4v) is 3.18.